The van der Waals surface area contributed by atoms with E-state index in [1.165, 1.54) is 19.5 Å². The zero-order valence-corrected chi connectivity index (χ0v) is 13.3. The molecule has 2 heterocycles. The summed E-state index contributed by atoms with van der Waals surface area (Å²) in [4.78, 5) is 20.3. The van der Waals surface area contributed by atoms with E-state index in [1.54, 1.807) is 23.0 Å². The molecule has 0 N–H and O–H groups in total. The van der Waals surface area contributed by atoms with Crippen molar-refractivity contribution in [1.29, 1.82) is 0 Å². The maximum atomic E-state index is 11.9. The van der Waals surface area contributed by atoms with Crippen LogP contribution in [0.2, 0.25) is 5.02 Å². The predicted octanol–water partition coefficient (Wildman–Crippen LogP) is 2.98. The first kappa shape index (κ1) is 15.2. The van der Waals surface area contributed by atoms with Crippen LogP contribution in [0, 0.1) is 0 Å². The minimum absolute atomic E-state index is 0.151. The summed E-state index contributed by atoms with van der Waals surface area (Å²) in [6, 6.07) is 7.37. The van der Waals surface area contributed by atoms with Crippen LogP contribution in [0.4, 0.5) is 0 Å². The van der Waals surface area contributed by atoms with Crippen molar-refractivity contribution in [3.63, 3.8) is 0 Å². The molecule has 0 bridgehead atoms. The second-order valence-electron chi connectivity index (χ2n) is 4.78. The Labute approximate surface area is 137 Å². The zero-order valence-electron chi connectivity index (χ0n) is 12.5. The molecule has 0 aliphatic rings. The fourth-order valence-corrected chi connectivity index (χ4v) is 2.47. The van der Waals surface area contributed by atoms with E-state index < -0.39 is 5.97 Å². The van der Waals surface area contributed by atoms with E-state index in [1.807, 2.05) is 19.2 Å². The van der Waals surface area contributed by atoms with Gasteiger partial charge in [0, 0.05) is 35.6 Å². The van der Waals surface area contributed by atoms with Crippen molar-refractivity contribution in [2.75, 3.05) is 7.11 Å². The van der Waals surface area contributed by atoms with Crippen LogP contribution >= 0.6 is 11.6 Å². The number of carbonyl (C=O) groups is 1. The number of halogens is 1. The van der Waals surface area contributed by atoms with Gasteiger partial charge in [-0.1, -0.05) is 23.7 Å². The molecule has 0 unspecified atom stereocenters. The number of esters is 1. The van der Waals surface area contributed by atoms with Gasteiger partial charge in [0.05, 0.1) is 19.0 Å². The summed E-state index contributed by atoms with van der Waals surface area (Å²) in [7, 11) is 3.13. The first-order chi connectivity index (χ1) is 11.1. The number of rotatable bonds is 3. The summed E-state index contributed by atoms with van der Waals surface area (Å²) in [5, 5.41) is 4.93. The van der Waals surface area contributed by atoms with Crippen LogP contribution in [0.1, 0.15) is 10.5 Å². The lowest BCUT2D eigenvalue weighted by Gasteiger charge is -2.08. The molecule has 0 fully saturated rings. The van der Waals surface area contributed by atoms with Crippen LogP contribution < -0.4 is 0 Å². The highest BCUT2D eigenvalue weighted by molar-refractivity contribution is 6.30. The van der Waals surface area contributed by atoms with Crippen molar-refractivity contribution in [2.24, 2.45) is 7.05 Å². The van der Waals surface area contributed by atoms with Crippen molar-refractivity contribution in [1.82, 2.24) is 19.7 Å². The highest BCUT2D eigenvalue weighted by atomic mass is 35.5. The Balaban J connectivity index is 2.20. The van der Waals surface area contributed by atoms with Gasteiger partial charge in [-0.15, -0.1) is 0 Å². The largest absolute Gasteiger partial charge is 0.464 e. The summed E-state index contributed by atoms with van der Waals surface area (Å²) in [5.41, 5.74) is 3.00. The van der Waals surface area contributed by atoms with E-state index in [4.69, 9.17) is 16.3 Å². The van der Waals surface area contributed by atoms with Gasteiger partial charge in [-0.25, -0.2) is 9.78 Å². The summed E-state index contributed by atoms with van der Waals surface area (Å²) in [5.74, 6) is -0.543. The molecule has 3 rings (SSSR count). The van der Waals surface area contributed by atoms with E-state index in [9.17, 15) is 4.79 Å². The van der Waals surface area contributed by atoms with Crippen molar-refractivity contribution in [3.05, 3.63) is 53.6 Å². The average molecular weight is 329 g/mol. The lowest BCUT2D eigenvalue weighted by molar-refractivity contribution is 0.0594. The smallest absolute Gasteiger partial charge is 0.358 e. The van der Waals surface area contributed by atoms with E-state index in [-0.39, 0.29) is 5.69 Å². The summed E-state index contributed by atoms with van der Waals surface area (Å²) < 4.78 is 6.50. The van der Waals surface area contributed by atoms with Gasteiger partial charge in [-0.3, -0.25) is 9.67 Å². The topological polar surface area (TPSA) is 69.9 Å². The van der Waals surface area contributed by atoms with Gasteiger partial charge in [-0.05, 0) is 12.1 Å². The highest BCUT2D eigenvalue weighted by Crippen LogP contribution is 2.32. The van der Waals surface area contributed by atoms with Gasteiger partial charge >= 0.3 is 5.97 Å². The van der Waals surface area contributed by atoms with Crippen LogP contribution in [0.25, 0.3) is 22.5 Å². The molecule has 23 heavy (non-hydrogen) atoms. The number of hydrogen-bond acceptors (Lipinski definition) is 5. The van der Waals surface area contributed by atoms with E-state index >= 15 is 0 Å². The Kier molecular flexibility index (Phi) is 4.08. The maximum Gasteiger partial charge on any atom is 0.358 e. The van der Waals surface area contributed by atoms with Gasteiger partial charge in [0.2, 0.25) is 0 Å². The SMILES string of the molecule is COC(=O)c1nccnc1-c1cnn(C)c1-c1ccc(Cl)cc1. The number of carbonyl (C=O) groups excluding carboxylic acids is 1. The van der Waals surface area contributed by atoms with Crippen molar-refractivity contribution >= 4 is 17.6 Å². The lowest BCUT2D eigenvalue weighted by atomic mass is 10.0. The van der Waals surface area contributed by atoms with Crippen LogP contribution in [-0.4, -0.2) is 32.8 Å². The number of aromatic nitrogens is 4. The van der Waals surface area contributed by atoms with E-state index in [2.05, 4.69) is 15.1 Å². The third kappa shape index (κ3) is 2.80. The van der Waals surface area contributed by atoms with E-state index in [0.717, 1.165) is 11.3 Å². The number of hydrogen-bond donors (Lipinski definition) is 0. The maximum absolute atomic E-state index is 11.9. The molecule has 0 spiro atoms. The number of methoxy groups -OCH3 is 1. The molecule has 0 saturated carbocycles. The lowest BCUT2D eigenvalue weighted by Crippen LogP contribution is -2.08. The van der Waals surface area contributed by atoms with Crippen LogP contribution in [0.3, 0.4) is 0 Å². The van der Waals surface area contributed by atoms with Crippen LogP contribution in [0.5, 0.6) is 0 Å². The molecular weight excluding hydrogens is 316 g/mol. The third-order valence-corrected chi connectivity index (χ3v) is 3.64. The Hall–Kier alpha value is -2.73. The van der Waals surface area contributed by atoms with Gasteiger partial charge in [0.25, 0.3) is 0 Å². The fraction of sp³-hybridized carbons (Fsp3) is 0.125. The molecule has 0 aliphatic heterocycles. The Bertz CT molecular complexity index is 859. The Morgan fingerprint density at radius 2 is 1.87 bits per heavy atom. The molecule has 2 aromatic heterocycles. The normalized spacial score (nSPS) is 10.6. The molecular formula is C16H13ClN4O2. The molecule has 0 amide bonds. The minimum atomic E-state index is -0.543. The van der Waals surface area contributed by atoms with Crippen LogP contribution in [-0.2, 0) is 11.8 Å². The molecule has 1 aromatic carbocycles. The molecule has 3 aromatic rings. The molecule has 0 saturated heterocycles. The molecule has 0 atom stereocenters. The second-order valence-corrected chi connectivity index (χ2v) is 5.22. The van der Waals surface area contributed by atoms with Gasteiger partial charge in [0.1, 0.15) is 5.69 Å². The third-order valence-electron chi connectivity index (χ3n) is 3.39. The Morgan fingerprint density at radius 3 is 2.57 bits per heavy atom. The molecule has 0 aliphatic carbocycles. The molecule has 6 nitrogen and oxygen atoms in total. The van der Waals surface area contributed by atoms with Gasteiger partial charge < -0.3 is 4.74 Å². The van der Waals surface area contributed by atoms with E-state index in [0.29, 0.717) is 16.3 Å². The molecule has 0 radical (unpaired) electrons. The van der Waals surface area contributed by atoms with Crippen LogP contribution in [0.15, 0.2) is 42.9 Å². The first-order valence-electron chi connectivity index (χ1n) is 6.79. The quantitative estimate of drug-likeness (QED) is 0.691. The Morgan fingerprint density at radius 1 is 1.17 bits per heavy atom. The summed E-state index contributed by atoms with van der Waals surface area (Å²) >= 11 is 5.95. The van der Waals surface area contributed by atoms with Crippen molar-refractivity contribution in [2.45, 2.75) is 0 Å². The predicted molar refractivity (Wildman–Crippen MR) is 86.0 cm³/mol. The van der Waals surface area contributed by atoms with Gasteiger partial charge in [-0.2, -0.15) is 5.10 Å². The summed E-state index contributed by atoms with van der Waals surface area (Å²) in [6.07, 6.45) is 4.63. The van der Waals surface area contributed by atoms with Gasteiger partial charge in [0.15, 0.2) is 5.69 Å². The second kappa shape index (κ2) is 6.18. The summed E-state index contributed by atoms with van der Waals surface area (Å²) in [6.45, 7) is 0. The monoisotopic (exact) mass is 328 g/mol. The molecule has 116 valence electrons. The number of benzene rings is 1. The number of aryl methyl sites for hydroxylation is 1. The average Bonchev–Trinajstić information content (AvgIpc) is 2.96. The number of ether oxygens (including phenoxy) is 1. The fourth-order valence-electron chi connectivity index (χ4n) is 2.34. The van der Waals surface area contributed by atoms with Crippen molar-refractivity contribution in [3.8, 4) is 22.5 Å². The number of nitrogens with zero attached hydrogens (tertiary/aromatic N) is 4. The first-order valence-corrected chi connectivity index (χ1v) is 7.17. The zero-order chi connectivity index (χ0) is 16.4. The minimum Gasteiger partial charge on any atom is -0.464 e. The van der Waals surface area contributed by atoms with Crippen molar-refractivity contribution < 1.29 is 9.53 Å². The highest BCUT2D eigenvalue weighted by Gasteiger charge is 2.21. The molecule has 7 heteroatoms. The standard InChI is InChI=1S/C16H13ClN4O2/c1-21-15(10-3-5-11(17)6-4-10)12(9-20-21)13-14(16(22)23-2)19-8-7-18-13/h3-9H,1-2H3.